The summed E-state index contributed by atoms with van der Waals surface area (Å²) < 4.78 is 7.24. The zero-order valence-corrected chi connectivity index (χ0v) is 17.4. The Morgan fingerprint density at radius 1 is 1.03 bits per heavy atom. The van der Waals surface area contributed by atoms with Crippen LogP contribution in [-0.2, 0) is 0 Å². The molecule has 0 aliphatic rings. The van der Waals surface area contributed by atoms with E-state index in [-0.39, 0.29) is 6.04 Å². The number of thiazole rings is 1. The Kier molecular flexibility index (Phi) is 5.53. The van der Waals surface area contributed by atoms with Crippen LogP contribution in [0.5, 0.6) is 5.75 Å². The number of aromatic nitrogens is 2. The summed E-state index contributed by atoms with van der Waals surface area (Å²) in [5.74, 6) is 0.857. The van der Waals surface area contributed by atoms with Crippen molar-refractivity contribution in [2.24, 2.45) is 10.1 Å². The second-order valence-corrected chi connectivity index (χ2v) is 7.73. The lowest BCUT2D eigenvalue weighted by Gasteiger charge is -2.07. The van der Waals surface area contributed by atoms with Crippen LogP contribution in [0.1, 0.15) is 19.4 Å². The third kappa shape index (κ3) is 4.27. The molecule has 5 nitrogen and oxygen atoms in total. The van der Waals surface area contributed by atoms with Crippen molar-refractivity contribution in [3.8, 4) is 17.0 Å². The molecule has 2 heterocycles. The van der Waals surface area contributed by atoms with Gasteiger partial charge in [-0.2, -0.15) is 5.10 Å². The third-order valence-corrected chi connectivity index (χ3v) is 5.26. The molecule has 0 fully saturated rings. The Bertz CT molecular complexity index is 1220. The summed E-state index contributed by atoms with van der Waals surface area (Å²) in [7, 11) is 1.68. The molecule has 0 atom stereocenters. The number of hydrogen-bond acceptors (Lipinski definition) is 5. The molecule has 4 rings (SSSR count). The first-order valence-electron chi connectivity index (χ1n) is 9.41. The summed E-state index contributed by atoms with van der Waals surface area (Å²) in [6.07, 6.45) is 5.36. The molecule has 0 radical (unpaired) electrons. The van der Waals surface area contributed by atoms with Crippen molar-refractivity contribution in [2.75, 3.05) is 7.11 Å². The number of pyridine rings is 1. The smallest absolute Gasteiger partial charge is 0.206 e. The zero-order valence-electron chi connectivity index (χ0n) is 16.6. The highest BCUT2D eigenvalue weighted by atomic mass is 32.1. The van der Waals surface area contributed by atoms with Crippen molar-refractivity contribution in [3.63, 3.8) is 0 Å². The van der Waals surface area contributed by atoms with Gasteiger partial charge < -0.3 is 4.74 Å². The van der Waals surface area contributed by atoms with Gasteiger partial charge in [-0.1, -0.05) is 18.2 Å². The van der Waals surface area contributed by atoms with Gasteiger partial charge in [0.15, 0.2) is 0 Å². The molecular weight excluding hydrogens is 380 g/mol. The first-order chi connectivity index (χ1) is 14.1. The molecule has 6 heteroatoms. The van der Waals surface area contributed by atoms with Crippen LogP contribution in [0.15, 0.2) is 76.4 Å². The van der Waals surface area contributed by atoms with Gasteiger partial charge in [0.25, 0.3) is 0 Å². The van der Waals surface area contributed by atoms with Crippen LogP contribution in [0.4, 0.5) is 0 Å². The highest BCUT2D eigenvalue weighted by Gasteiger charge is 2.09. The van der Waals surface area contributed by atoms with Crippen molar-refractivity contribution in [1.82, 2.24) is 9.66 Å². The van der Waals surface area contributed by atoms with Gasteiger partial charge in [-0.25, -0.2) is 4.68 Å². The predicted octanol–water partition coefficient (Wildman–Crippen LogP) is 4.96. The van der Waals surface area contributed by atoms with E-state index in [0.29, 0.717) is 0 Å². The highest BCUT2D eigenvalue weighted by Crippen LogP contribution is 2.27. The Morgan fingerprint density at radius 3 is 2.55 bits per heavy atom. The number of methoxy groups -OCH3 is 1. The van der Waals surface area contributed by atoms with E-state index in [4.69, 9.17) is 14.8 Å². The molecule has 0 N–H and O–H groups in total. The van der Waals surface area contributed by atoms with Gasteiger partial charge in [0.2, 0.25) is 4.80 Å². The number of nitrogens with zero attached hydrogens (tertiary/aromatic N) is 4. The molecule has 2 aromatic heterocycles. The largest absolute Gasteiger partial charge is 0.497 e. The minimum Gasteiger partial charge on any atom is -0.497 e. The van der Waals surface area contributed by atoms with Crippen molar-refractivity contribution >= 4 is 28.3 Å². The molecule has 0 saturated heterocycles. The summed E-state index contributed by atoms with van der Waals surface area (Å²) in [6, 6.07) is 16.5. The summed E-state index contributed by atoms with van der Waals surface area (Å²) in [5.41, 5.74) is 3.10. The Labute approximate surface area is 173 Å². The van der Waals surface area contributed by atoms with Crippen LogP contribution >= 0.6 is 11.3 Å². The van der Waals surface area contributed by atoms with Gasteiger partial charge in [0.1, 0.15) is 5.75 Å². The molecule has 0 aliphatic carbocycles. The minimum atomic E-state index is 0.188. The van der Waals surface area contributed by atoms with Gasteiger partial charge in [0, 0.05) is 29.4 Å². The molecule has 146 valence electrons. The summed E-state index contributed by atoms with van der Waals surface area (Å²) in [6.45, 7) is 4.14. The second-order valence-electron chi connectivity index (χ2n) is 6.89. The summed E-state index contributed by atoms with van der Waals surface area (Å²) >= 11 is 1.60. The van der Waals surface area contributed by atoms with Gasteiger partial charge >= 0.3 is 0 Å². The van der Waals surface area contributed by atoms with Gasteiger partial charge in [-0.15, -0.1) is 11.3 Å². The number of rotatable bonds is 5. The van der Waals surface area contributed by atoms with Crippen LogP contribution in [-0.4, -0.2) is 29.0 Å². The van der Waals surface area contributed by atoms with Crippen molar-refractivity contribution in [1.29, 1.82) is 0 Å². The number of ether oxygens (including phenoxy) is 1. The normalized spacial score (nSPS) is 12.3. The van der Waals surface area contributed by atoms with Gasteiger partial charge in [-0.05, 0) is 60.5 Å². The minimum absolute atomic E-state index is 0.188. The fourth-order valence-electron chi connectivity index (χ4n) is 3.00. The molecule has 0 unspecified atom stereocenters. The van der Waals surface area contributed by atoms with Crippen molar-refractivity contribution < 1.29 is 4.74 Å². The quantitative estimate of drug-likeness (QED) is 0.443. The standard InChI is InChI=1S/C23H22N4OS/c1-16(2)26-23-27(25-14-17-8-10-24-11-9-17)22(15-29-23)20-5-4-19-13-21(28-3)7-6-18(19)12-20/h4-16H,1-3H3. The van der Waals surface area contributed by atoms with Crippen LogP contribution < -0.4 is 9.54 Å². The summed E-state index contributed by atoms with van der Waals surface area (Å²) in [4.78, 5) is 9.67. The maximum absolute atomic E-state index is 5.33. The fourth-order valence-corrected chi connectivity index (χ4v) is 3.97. The maximum Gasteiger partial charge on any atom is 0.206 e. The van der Waals surface area contributed by atoms with E-state index in [2.05, 4.69) is 48.5 Å². The fraction of sp³-hybridized carbons (Fsp3) is 0.174. The van der Waals surface area contributed by atoms with Crippen LogP contribution in [0.3, 0.4) is 0 Å². The lowest BCUT2D eigenvalue weighted by Crippen LogP contribution is -2.14. The second kappa shape index (κ2) is 8.41. The number of hydrogen-bond donors (Lipinski definition) is 0. The molecule has 0 spiro atoms. The van der Waals surface area contributed by atoms with E-state index in [9.17, 15) is 0 Å². The van der Waals surface area contributed by atoms with E-state index < -0.39 is 0 Å². The lowest BCUT2D eigenvalue weighted by molar-refractivity contribution is 0.415. The molecule has 0 saturated carbocycles. The lowest BCUT2D eigenvalue weighted by atomic mass is 10.1. The van der Waals surface area contributed by atoms with E-state index in [1.54, 1.807) is 30.8 Å². The molecule has 2 aromatic carbocycles. The monoisotopic (exact) mass is 402 g/mol. The molecular formula is C23H22N4OS. The third-order valence-electron chi connectivity index (χ3n) is 4.43. The first kappa shape index (κ1) is 19.1. The Balaban J connectivity index is 1.82. The van der Waals surface area contributed by atoms with E-state index in [1.165, 1.54) is 0 Å². The topological polar surface area (TPSA) is 51.8 Å². The van der Waals surface area contributed by atoms with Crippen LogP contribution in [0.25, 0.3) is 22.0 Å². The van der Waals surface area contributed by atoms with Crippen LogP contribution in [0, 0.1) is 0 Å². The molecule has 0 aliphatic heterocycles. The molecule has 0 amide bonds. The SMILES string of the molecule is COc1ccc2cc(-c3csc(=NC(C)C)n3N=Cc3ccncc3)ccc2c1. The van der Waals surface area contributed by atoms with Crippen LogP contribution in [0.2, 0.25) is 0 Å². The van der Waals surface area contributed by atoms with Crippen molar-refractivity contribution in [3.05, 3.63) is 76.7 Å². The Morgan fingerprint density at radius 2 is 1.79 bits per heavy atom. The predicted molar refractivity (Wildman–Crippen MR) is 120 cm³/mol. The first-order valence-corrected chi connectivity index (χ1v) is 10.3. The van der Waals surface area contributed by atoms with Gasteiger partial charge in [-0.3, -0.25) is 9.98 Å². The highest BCUT2D eigenvalue weighted by molar-refractivity contribution is 7.07. The van der Waals surface area contributed by atoms with E-state index in [1.807, 2.05) is 35.2 Å². The molecule has 0 bridgehead atoms. The van der Waals surface area contributed by atoms with Crippen molar-refractivity contribution in [2.45, 2.75) is 19.9 Å². The summed E-state index contributed by atoms with van der Waals surface area (Å²) in [5, 5.41) is 9.14. The maximum atomic E-state index is 5.33. The molecule has 4 aromatic rings. The number of benzene rings is 2. The van der Waals surface area contributed by atoms with Gasteiger partial charge in [0.05, 0.1) is 19.0 Å². The molecule has 29 heavy (non-hydrogen) atoms. The Hall–Kier alpha value is -3.25. The average molecular weight is 403 g/mol. The zero-order chi connectivity index (χ0) is 20.2. The van der Waals surface area contributed by atoms with E-state index >= 15 is 0 Å². The average Bonchev–Trinajstić information content (AvgIpc) is 3.13. The van der Waals surface area contributed by atoms with E-state index in [0.717, 1.165) is 38.1 Å². The number of fused-ring (bicyclic) bond motifs is 1.